The van der Waals surface area contributed by atoms with Crippen molar-refractivity contribution in [2.45, 2.75) is 39.3 Å². The van der Waals surface area contributed by atoms with Crippen molar-refractivity contribution < 1.29 is 9.84 Å². The molecule has 2 aromatic carbocycles. The van der Waals surface area contributed by atoms with Gasteiger partial charge >= 0.3 is 0 Å². The number of para-hydroxylation sites is 3. The summed E-state index contributed by atoms with van der Waals surface area (Å²) in [5.41, 5.74) is 3.09. The molecule has 0 radical (unpaired) electrons. The standard InChI is InChI=1S/C20H24N2O2.ClH/c1-14(2)20-21-17-9-5-6-10-18(17)22(20)12-16(23)13-24-19-11-7-4-8-15(19)3;/h4-11,14,16,23H,12-13H2,1-3H3;1H. The highest BCUT2D eigenvalue weighted by Gasteiger charge is 2.16. The summed E-state index contributed by atoms with van der Waals surface area (Å²) in [5.74, 6) is 2.10. The van der Waals surface area contributed by atoms with Crippen LogP contribution in [0, 0.1) is 6.92 Å². The summed E-state index contributed by atoms with van der Waals surface area (Å²) < 4.78 is 7.88. The van der Waals surface area contributed by atoms with Crippen LogP contribution in [0.3, 0.4) is 0 Å². The Bertz CT molecular complexity index is 829. The lowest BCUT2D eigenvalue weighted by atomic mass is 10.2. The van der Waals surface area contributed by atoms with Crippen LogP contribution in [0.25, 0.3) is 11.0 Å². The number of rotatable bonds is 6. The van der Waals surface area contributed by atoms with Gasteiger partial charge in [-0.3, -0.25) is 0 Å². The van der Waals surface area contributed by atoms with E-state index in [1.807, 2.05) is 55.5 Å². The molecule has 0 aliphatic heterocycles. The maximum Gasteiger partial charge on any atom is 0.122 e. The Morgan fingerprint density at radius 1 is 1.08 bits per heavy atom. The zero-order chi connectivity index (χ0) is 17.1. The molecule has 0 fully saturated rings. The minimum atomic E-state index is -0.597. The SMILES string of the molecule is Cc1ccccc1OCC(O)Cn1c(C(C)C)nc2ccccc21.Cl. The van der Waals surface area contributed by atoms with Gasteiger partial charge in [-0.1, -0.05) is 44.2 Å². The number of aliphatic hydroxyl groups is 1. The van der Waals surface area contributed by atoms with Gasteiger partial charge < -0.3 is 14.4 Å². The quantitative estimate of drug-likeness (QED) is 0.711. The maximum absolute atomic E-state index is 10.5. The first-order chi connectivity index (χ1) is 11.6. The number of ether oxygens (including phenoxy) is 1. The van der Waals surface area contributed by atoms with E-state index in [2.05, 4.69) is 18.4 Å². The molecule has 1 unspecified atom stereocenters. The minimum Gasteiger partial charge on any atom is -0.491 e. The maximum atomic E-state index is 10.5. The molecule has 1 N–H and O–H groups in total. The van der Waals surface area contributed by atoms with Gasteiger partial charge in [0.2, 0.25) is 0 Å². The molecule has 1 atom stereocenters. The molecule has 134 valence electrons. The number of hydrogen-bond donors (Lipinski definition) is 1. The predicted octanol–water partition coefficient (Wildman–Crippen LogP) is 4.33. The van der Waals surface area contributed by atoms with E-state index >= 15 is 0 Å². The molecule has 0 spiro atoms. The highest BCUT2D eigenvalue weighted by molar-refractivity contribution is 5.85. The average Bonchev–Trinajstić information content (AvgIpc) is 2.93. The molecule has 5 heteroatoms. The molecule has 4 nitrogen and oxygen atoms in total. The van der Waals surface area contributed by atoms with Crippen molar-refractivity contribution in [1.29, 1.82) is 0 Å². The third-order valence-corrected chi connectivity index (χ3v) is 4.12. The Hall–Kier alpha value is -2.04. The van der Waals surface area contributed by atoms with Crippen molar-refractivity contribution in [1.82, 2.24) is 9.55 Å². The molecule has 0 amide bonds. The van der Waals surface area contributed by atoms with Crippen molar-refractivity contribution >= 4 is 23.4 Å². The van der Waals surface area contributed by atoms with Gasteiger partial charge in [0.1, 0.15) is 24.3 Å². The largest absolute Gasteiger partial charge is 0.491 e. The summed E-state index contributed by atoms with van der Waals surface area (Å²) in [4.78, 5) is 4.71. The van der Waals surface area contributed by atoms with Crippen molar-refractivity contribution in [2.75, 3.05) is 6.61 Å². The number of aliphatic hydroxyl groups excluding tert-OH is 1. The van der Waals surface area contributed by atoms with E-state index in [1.54, 1.807) is 0 Å². The van der Waals surface area contributed by atoms with Gasteiger partial charge in [-0.05, 0) is 30.7 Å². The second kappa shape index (κ2) is 8.37. The van der Waals surface area contributed by atoms with Gasteiger partial charge in [-0.25, -0.2) is 4.98 Å². The van der Waals surface area contributed by atoms with Crippen LogP contribution < -0.4 is 4.74 Å². The highest BCUT2D eigenvalue weighted by Crippen LogP contribution is 2.22. The van der Waals surface area contributed by atoms with Gasteiger partial charge in [0, 0.05) is 5.92 Å². The normalized spacial score (nSPS) is 12.2. The topological polar surface area (TPSA) is 47.3 Å². The molecule has 3 aromatic rings. The van der Waals surface area contributed by atoms with Gasteiger partial charge in [0.05, 0.1) is 17.6 Å². The summed E-state index contributed by atoms with van der Waals surface area (Å²) in [6.07, 6.45) is -0.597. The molecule has 1 aromatic heterocycles. The predicted molar refractivity (Wildman–Crippen MR) is 104 cm³/mol. The fourth-order valence-corrected chi connectivity index (χ4v) is 2.89. The van der Waals surface area contributed by atoms with Crippen LogP contribution >= 0.6 is 12.4 Å². The van der Waals surface area contributed by atoms with Gasteiger partial charge in [-0.15, -0.1) is 12.4 Å². The highest BCUT2D eigenvalue weighted by atomic mass is 35.5. The lowest BCUT2D eigenvalue weighted by Gasteiger charge is -2.17. The summed E-state index contributed by atoms with van der Waals surface area (Å²) in [7, 11) is 0. The summed E-state index contributed by atoms with van der Waals surface area (Å²) in [6.45, 7) is 6.97. The van der Waals surface area contributed by atoms with E-state index in [0.29, 0.717) is 12.5 Å². The first-order valence-electron chi connectivity index (χ1n) is 8.38. The van der Waals surface area contributed by atoms with Crippen LogP contribution in [-0.4, -0.2) is 27.4 Å². The Morgan fingerprint density at radius 2 is 1.76 bits per heavy atom. The smallest absolute Gasteiger partial charge is 0.122 e. The molecule has 0 aliphatic rings. The van der Waals surface area contributed by atoms with Crippen molar-refractivity contribution in [3.05, 3.63) is 59.9 Å². The van der Waals surface area contributed by atoms with E-state index in [0.717, 1.165) is 28.2 Å². The number of aromatic nitrogens is 2. The van der Waals surface area contributed by atoms with Crippen LogP contribution in [0.15, 0.2) is 48.5 Å². The third kappa shape index (κ3) is 4.33. The van der Waals surface area contributed by atoms with Gasteiger partial charge in [-0.2, -0.15) is 0 Å². The van der Waals surface area contributed by atoms with E-state index in [-0.39, 0.29) is 19.0 Å². The Labute approximate surface area is 154 Å². The third-order valence-electron chi connectivity index (χ3n) is 4.12. The zero-order valence-electron chi connectivity index (χ0n) is 14.8. The fraction of sp³-hybridized carbons (Fsp3) is 0.350. The summed E-state index contributed by atoms with van der Waals surface area (Å²) in [5, 5.41) is 10.5. The first kappa shape index (κ1) is 19.3. The molecular formula is C20H25ClN2O2. The molecule has 0 bridgehead atoms. The second-order valence-corrected chi connectivity index (χ2v) is 6.45. The summed E-state index contributed by atoms with van der Waals surface area (Å²) in [6, 6.07) is 15.9. The van der Waals surface area contributed by atoms with Crippen molar-refractivity contribution in [3.8, 4) is 5.75 Å². The average molecular weight is 361 g/mol. The van der Waals surface area contributed by atoms with Gasteiger partial charge in [0.25, 0.3) is 0 Å². The lowest BCUT2D eigenvalue weighted by Crippen LogP contribution is -2.25. The van der Waals surface area contributed by atoms with Crippen LogP contribution in [0.1, 0.15) is 31.2 Å². The minimum absolute atomic E-state index is 0. The van der Waals surface area contributed by atoms with Crippen LogP contribution in [0.5, 0.6) is 5.75 Å². The fourth-order valence-electron chi connectivity index (χ4n) is 2.89. The number of halogens is 1. The molecule has 0 saturated heterocycles. The van der Waals surface area contributed by atoms with Gasteiger partial charge in [0.15, 0.2) is 0 Å². The van der Waals surface area contributed by atoms with Crippen LogP contribution in [0.4, 0.5) is 0 Å². The molecule has 0 saturated carbocycles. The molecule has 3 rings (SSSR count). The van der Waals surface area contributed by atoms with Crippen molar-refractivity contribution in [2.24, 2.45) is 0 Å². The van der Waals surface area contributed by atoms with Crippen LogP contribution in [0.2, 0.25) is 0 Å². The second-order valence-electron chi connectivity index (χ2n) is 6.45. The molecular weight excluding hydrogens is 336 g/mol. The number of fused-ring (bicyclic) bond motifs is 1. The molecule has 1 heterocycles. The Balaban J connectivity index is 0.00000225. The molecule has 0 aliphatic carbocycles. The number of benzene rings is 2. The van der Waals surface area contributed by atoms with Crippen molar-refractivity contribution in [3.63, 3.8) is 0 Å². The Morgan fingerprint density at radius 3 is 2.48 bits per heavy atom. The lowest BCUT2D eigenvalue weighted by molar-refractivity contribution is 0.0922. The summed E-state index contributed by atoms with van der Waals surface area (Å²) >= 11 is 0. The van der Waals surface area contributed by atoms with E-state index in [1.165, 1.54) is 0 Å². The monoisotopic (exact) mass is 360 g/mol. The molecule has 25 heavy (non-hydrogen) atoms. The number of aryl methyl sites for hydroxylation is 1. The van der Waals surface area contributed by atoms with Crippen LogP contribution in [-0.2, 0) is 6.54 Å². The zero-order valence-corrected chi connectivity index (χ0v) is 15.7. The Kier molecular flexibility index (Phi) is 6.45. The number of hydrogen-bond acceptors (Lipinski definition) is 3. The van der Waals surface area contributed by atoms with E-state index in [4.69, 9.17) is 9.72 Å². The number of nitrogens with zero attached hydrogens (tertiary/aromatic N) is 2. The van der Waals surface area contributed by atoms with E-state index < -0.39 is 6.10 Å². The van der Waals surface area contributed by atoms with E-state index in [9.17, 15) is 5.11 Å². The first-order valence-corrected chi connectivity index (χ1v) is 8.38. The number of imidazole rings is 1.